The van der Waals surface area contributed by atoms with Crippen molar-refractivity contribution in [1.82, 2.24) is 19.1 Å². The molecule has 1 aliphatic rings. The van der Waals surface area contributed by atoms with E-state index in [2.05, 4.69) is 16.8 Å². The minimum Gasteiger partial charge on any atom is -0.308 e. The highest BCUT2D eigenvalue weighted by Gasteiger charge is 2.32. The third kappa shape index (κ3) is 4.54. The number of hydrogen-bond donors (Lipinski definition) is 0. The van der Waals surface area contributed by atoms with Gasteiger partial charge in [0.1, 0.15) is 4.90 Å². The number of hydrogen-bond acceptors (Lipinski definition) is 5. The van der Waals surface area contributed by atoms with E-state index in [1.807, 2.05) is 44.1 Å². The summed E-state index contributed by atoms with van der Waals surface area (Å²) in [5.74, 6) is 0. The summed E-state index contributed by atoms with van der Waals surface area (Å²) < 4.78 is 29.0. The van der Waals surface area contributed by atoms with Gasteiger partial charge in [0.15, 0.2) is 0 Å². The zero-order valence-corrected chi connectivity index (χ0v) is 18.2. The van der Waals surface area contributed by atoms with E-state index in [9.17, 15) is 8.42 Å². The Bertz CT molecular complexity index is 914. The summed E-state index contributed by atoms with van der Waals surface area (Å²) >= 11 is 0. The monoisotopic (exact) mass is 404 g/mol. The van der Waals surface area contributed by atoms with Crippen molar-refractivity contribution in [1.29, 1.82) is 0 Å². The largest absolute Gasteiger partial charge is 0.308 e. The van der Waals surface area contributed by atoms with Gasteiger partial charge >= 0.3 is 0 Å². The highest BCUT2D eigenvalue weighted by molar-refractivity contribution is 7.89. The van der Waals surface area contributed by atoms with Crippen LogP contribution in [0.25, 0.3) is 10.9 Å². The lowest BCUT2D eigenvalue weighted by Gasteiger charge is -2.30. The molecule has 1 saturated heterocycles. The van der Waals surface area contributed by atoms with Crippen molar-refractivity contribution in [2.45, 2.75) is 37.6 Å². The number of aromatic nitrogens is 1. The van der Waals surface area contributed by atoms with Crippen molar-refractivity contribution in [3.63, 3.8) is 0 Å². The molecule has 1 aromatic heterocycles. The molecule has 0 amide bonds. The molecule has 3 rings (SSSR count). The fraction of sp³-hybridized carbons (Fsp3) is 0.571. The van der Waals surface area contributed by atoms with Gasteiger partial charge in [0, 0.05) is 37.3 Å². The van der Waals surface area contributed by atoms with Gasteiger partial charge in [-0.3, -0.25) is 9.88 Å². The third-order valence-electron chi connectivity index (χ3n) is 5.54. The van der Waals surface area contributed by atoms with Crippen LogP contribution in [0.2, 0.25) is 0 Å². The molecule has 1 fully saturated rings. The molecule has 0 radical (unpaired) electrons. The number of likely N-dealkylation sites (tertiary alicyclic amines) is 1. The van der Waals surface area contributed by atoms with Crippen LogP contribution in [0.3, 0.4) is 0 Å². The number of para-hydroxylation sites is 1. The Balaban J connectivity index is 1.98. The Labute approximate surface area is 169 Å². The second-order valence-corrected chi connectivity index (χ2v) is 9.84. The quantitative estimate of drug-likeness (QED) is 0.677. The molecule has 1 atom stereocenters. The predicted molar refractivity (Wildman–Crippen MR) is 114 cm³/mol. The van der Waals surface area contributed by atoms with Crippen LogP contribution in [0.1, 0.15) is 25.3 Å². The number of nitrogens with zero attached hydrogens (tertiary/aromatic N) is 4. The minimum absolute atomic E-state index is 0.284. The zero-order chi connectivity index (χ0) is 20.3. The van der Waals surface area contributed by atoms with Gasteiger partial charge in [-0.25, -0.2) is 8.42 Å². The first-order chi connectivity index (χ1) is 13.3. The van der Waals surface area contributed by atoms with E-state index in [0.717, 1.165) is 36.9 Å². The maximum Gasteiger partial charge on any atom is 0.245 e. The van der Waals surface area contributed by atoms with Crippen LogP contribution < -0.4 is 0 Å². The van der Waals surface area contributed by atoms with Gasteiger partial charge in [-0.1, -0.05) is 19.1 Å². The summed E-state index contributed by atoms with van der Waals surface area (Å²) in [6.07, 6.45) is 3.92. The molecule has 1 unspecified atom stereocenters. The fourth-order valence-corrected chi connectivity index (χ4v) is 5.60. The van der Waals surface area contributed by atoms with Gasteiger partial charge in [0.2, 0.25) is 10.0 Å². The first-order valence-corrected chi connectivity index (χ1v) is 11.5. The van der Waals surface area contributed by atoms with Crippen LogP contribution in [0.15, 0.2) is 35.4 Å². The molecule has 6 nitrogen and oxygen atoms in total. The lowest BCUT2D eigenvalue weighted by atomic mass is 10.2. The summed E-state index contributed by atoms with van der Waals surface area (Å²) in [7, 11) is 0.309. The lowest BCUT2D eigenvalue weighted by molar-refractivity contribution is 0.220. The van der Waals surface area contributed by atoms with Gasteiger partial charge in [-0.15, -0.1) is 0 Å². The Kier molecular flexibility index (Phi) is 6.70. The van der Waals surface area contributed by atoms with Crippen LogP contribution in [0.4, 0.5) is 0 Å². The van der Waals surface area contributed by atoms with Crippen LogP contribution in [-0.2, 0) is 10.0 Å². The van der Waals surface area contributed by atoms with E-state index in [4.69, 9.17) is 0 Å². The standard InChI is InChI=1S/C21H32N4O2S/c1-5-24-11-7-9-19(24)16-25(13-12-23(3)4)28(26,27)20-10-6-8-18-14-17(2)15-22-21(18)20/h6,8,10,14-15,19H,5,7,9,11-13,16H2,1-4H3. The molecule has 0 N–H and O–H groups in total. The highest BCUT2D eigenvalue weighted by atomic mass is 32.2. The average molecular weight is 405 g/mol. The van der Waals surface area contributed by atoms with Crippen molar-refractivity contribution in [3.05, 3.63) is 36.0 Å². The van der Waals surface area contributed by atoms with Crippen LogP contribution in [0.5, 0.6) is 0 Å². The Morgan fingerprint density at radius 2 is 2.04 bits per heavy atom. The fourth-order valence-electron chi connectivity index (χ4n) is 3.96. The van der Waals surface area contributed by atoms with Gasteiger partial charge < -0.3 is 4.90 Å². The van der Waals surface area contributed by atoms with E-state index in [1.165, 1.54) is 0 Å². The average Bonchev–Trinajstić information content (AvgIpc) is 3.11. The number of rotatable bonds is 8. The highest BCUT2D eigenvalue weighted by Crippen LogP contribution is 2.27. The zero-order valence-electron chi connectivity index (χ0n) is 17.4. The maximum atomic E-state index is 13.7. The van der Waals surface area contributed by atoms with E-state index < -0.39 is 10.0 Å². The maximum absolute atomic E-state index is 13.7. The van der Waals surface area contributed by atoms with Crippen molar-refractivity contribution in [3.8, 4) is 0 Å². The molecule has 2 heterocycles. The number of pyridine rings is 1. The molecular formula is C21H32N4O2S. The minimum atomic E-state index is -3.64. The van der Waals surface area contributed by atoms with E-state index in [1.54, 1.807) is 16.6 Å². The molecule has 0 bridgehead atoms. The summed E-state index contributed by atoms with van der Waals surface area (Å²) in [5, 5.41) is 0.865. The Hall–Kier alpha value is -1.54. The van der Waals surface area contributed by atoms with Crippen molar-refractivity contribution in [2.24, 2.45) is 0 Å². The van der Waals surface area contributed by atoms with E-state index >= 15 is 0 Å². The lowest BCUT2D eigenvalue weighted by Crippen LogP contribution is -2.45. The van der Waals surface area contributed by atoms with Crippen LogP contribution >= 0.6 is 0 Å². The number of sulfonamides is 1. The van der Waals surface area contributed by atoms with Crippen molar-refractivity contribution in [2.75, 3.05) is 46.8 Å². The molecule has 154 valence electrons. The van der Waals surface area contributed by atoms with Crippen LogP contribution in [-0.4, -0.2) is 80.4 Å². The van der Waals surface area contributed by atoms with Gasteiger partial charge in [-0.2, -0.15) is 4.31 Å². The van der Waals surface area contributed by atoms with Gasteiger partial charge in [0.25, 0.3) is 0 Å². The molecule has 7 heteroatoms. The predicted octanol–water partition coefficient (Wildman–Crippen LogP) is 2.58. The molecule has 0 spiro atoms. The van der Waals surface area contributed by atoms with Crippen molar-refractivity contribution >= 4 is 20.9 Å². The Morgan fingerprint density at radius 1 is 1.25 bits per heavy atom. The molecule has 1 aliphatic heterocycles. The summed E-state index contributed by atoms with van der Waals surface area (Å²) in [4.78, 5) is 9.19. The number of fused-ring (bicyclic) bond motifs is 1. The van der Waals surface area contributed by atoms with Crippen LogP contribution in [0, 0.1) is 6.92 Å². The first-order valence-electron chi connectivity index (χ1n) is 10.1. The summed E-state index contributed by atoms with van der Waals surface area (Å²) in [5.41, 5.74) is 1.58. The van der Waals surface area contributed by atoms with Gasteiger partial charge in [0.05, 0.1) is 5.52 Å². The molecule has 2 aromatic rings. The normalized spacial score (nSPS) is 18.6. The van der Waals surface area contributed by atoms with Gasteiger partial charge in [-0.05, 0) is 64.6 Å². The topological polar surface area (TPSA) is 56.8 Å². The smallest absolute Gasteiger partial charge is 0.245 e. The van der Waals surface area contributed by atoms with E-state index in [-0.39, 0.29) is 6.04 Å². The molecule has 0 saturated carbocycles. The molecule has 28 heavy (non-hydrogen) atoms. The molecule has 0 aliphatic carbocycles. The van der Waals surface area contributed by atoms with E-state index in [0.29, 0.717) is 30.0 Å². The number of benzene rings is 1. The second-order valence-electron chi connectivity index (χ2n) is 7.93. The van der Waals surface area contributed by atoms with Crippen molar-refractivity contribution < 1.29 is 8.42 Å². The summed E-state index contributed by atoms with van der Waals surface area (Å²) in [6.45, 7) is 7.83. The third-order valence-corrected chi connectivity index (χ3v) is 7.44. The SMILES string of the molecule is CCN1CCCC1CN(CCN(C)C)S(=O)(=O)c1cccc2cc(C)cnc12. The molecular weight excluding hydrogens is 372 g/mol. The number of aryl methyl sites for hydroxylation is 1. The second kappa shape index (κ2) is 8.86. The summed E-state index contributed by atoms with van der Waals surface area (Å²) in [6, 6.07) is 7.70. The first kappa shape index (κ1) is 21.2. The Morgan fingerprint density at radius 3 is 2.75 bits per heavy atom. The molecule has 1 aromatic carbocycles. The number of likely N-dealkylation sites (N-methyl/N-ethyl adjacent to an activating group) is 2.